The lowest BCUT2D eigenvalue weighted by Gasteiger charge is -2.36. The van der Waals surface area contributed by atoms with Crippen LogP contribution in [-0.4, -0.2) is 52.6 Å². The summed E-state index contributed by atoms with van der Waals surface area (Å²) in [4.78, 5) is 13.5. The van der Waals surface area contributed by atoms with Crippen LogP contribution in [0.2, 0.25) is 18.1 Å². The fourth-order valence-electron chi connectivity index (χ4n) is 1.89. The molecule has 0 radical (unpaired) electrons. The van der Waals surface area contributed by atoms with Crippen LogP contribution in [0.15, 0.2) is 30.3 Å². The summed E-state index contributed by atoms with van der Waals surface area (Å²) in [5.74, 6) is 0. The number of hydrogen-bond donors (Lipinski definition) is 1. The van der Waals surface area contributed by atoms with Gasteiger partial charge >= 0.3 is 6.09 Å². The van der Waals surface area contributed by atoms with E-state index in [-0.39, 0.29) is 11.1 Å². The predicted octanol–water partition coefficient (Wildman–Crippen LogP) is 3.87. The molecule has 1 amide bonds. The lowest BCUT2D eigenvalue weighted by atomic mass is 10.2. The second kappa shape index (κ2) is 9.94. The van der Waals surface area contributed by atoms with Crippen molar-refractivity contribution in [3.05, 3.63) is 35.9 Å². The van der Waals surface area contributed by atoms with Crippen molar-refractivity contribution >= 4 is 14.4 Å². The molecule has 25 heavy (non-hydrogen) atoms. The maximum atomic E-state index is 11.9. The predicted molar refractivity (Wildman–Crippen MR) is 105 cm³/mol. The van der Waals surface area contributed by atoms with E-state index in [0.29, 0.717) is 19.8 Å². The maximum absolute atomic E-state index is 11.9. The molecule has 6 heteroatoms. The molecule has 1 N–H and O–H groups in total. The molecular formula is C19H34N2O3Si. The SMILES string of the molecule is CN(CCNCCO[Si](C)(C)C(C)(C)C)C(=O)OCc1ccccc1. The highest BCUT2D eigenvalue weighted by Gasteiger charge is 2.36. The van der Waals surface area contributed by atoms with Crippen LogP contribution in [0.5, 0.6) is 0 Å². The quantitative estimate of drug-likeness (QED) is 0.532. The van der Waals surface area contributed by atoms with Gasteiger partial charge in [0.05, 0.1) is 0 Å². The Morgan fingerprint density at radius 1 is 1.16 bits per heavy atom. The van der Waals surface area contributed by atoms with E-state index in [1.54, 1.807) is 11.9 Å². The van der Waals surface area contributed by atoms with E-state index in [1.165, 1.54) is 0 Å². The van der Waals surface area contributed by atoms with E-state index in [9.17, 15) is 4.79 Å². The molecule has 0 aromatic heterocycles. The van der Waals surface area contributed by atoms with E-state index in [0.717, 1.165) is 18.7 Å². The van der Waals surface area contributed by atoms with Gasteiger partial charge in [0.15, 0.2) is 8.32 Å². The zero-order chi connectivity index (χ0) is 18.9. The minimum atomic E-state index is -1.67. The number of likely N-dealkylation sites (N-methyl/N-ethyl adjacent to an activating group) is 1. The molecule has 1 rings (SSSR count). The van der Waals surface area contributed by atoms with Gasteiger partial charge in [0.25, 0.3) is 0 Å². The van der Waals surface area contributed by atoms with Crippen LogP contribution < -0.4 is 5.32 Å². The topological polar surface area (TPSA) is 50.8 Å². The molecule has 1 aromatic carbocycles. The number of amides is 1. The molecule has 0 aliphatic heterocycles. The third-order valence-corrected chi connectivity index (χ3v) is 9.23. The molecular weight excluding hydrogens is 332 g/mol. The van der Waals surface area contributed by atoms with Gasteiger partial charge in [-0.15, -0.1) is 0 Å². The van der Waals surface area contributed by atoms with Gasteiger partial charge in [-0.25, -0.2) is 4.79 Å². The second-order valence-corrected chi connectivity index (χ2v) is 12.6. The van der Waals surface area contributed by atoms with Gasteiger partial charge in [0.2, 0.25) is 0 Å². The average Bonchev–Trinajstić information content (AvgIpc) is 2.55. The fraction of sp³-hybridized carbons (Fsp3) is 0.632. The summed E-state index contributed by atoms with van der Waals surface area (Å²) in [6.07, 6.45) is -0.303. The number of nitrogens with zero attached hydrogens (tertiary/aromatic N) is 1. The first-order valence-electron chi connectivity index (χ1n) is 8.90. The van der Waals surface area contributed by atoms with Crippen LogP contribution in [-0.2, 0) is 15.8 Å². The van der Waals surface area contributed by atoms with Crippen molar-refractivity contribution in [1.82, 2.24) is 10.2 Å². The summed E-state index contributed by atoms with van der Waals surface area (Å²) in [7, 11) is 0.0788. The van der Waals surface area contributed by atoms with Crippen molar-refractivity contribution < 1.29 is 14.0 Å². The van der Waals surface area contributed by atoms with Crippen LogP contribution in [0.4, 0.5) is 4.79 Å². The van der Waals surface area contributed by atoms with Crippen molar-refractivity contribution in [2.75, 3.05) is 33.3 Å². The third kappa shape index (κ3) is 8.03. The number of nitrogens with one attached hydrogen (secondary N) is 1. The molecule has 0 fully saturated rings. The smallest absolute Gasteiger partial charge is 0.409 e. The largest absolute Gasteiger partial charge is 0.445 e. The molecule has 5 nitrogen and oxygen atoms in total. The second-order valence-electron chi connectivity index (χ2n) is 7.82. The maximum Gasteiger partial charge on any atom is 0.409 e. The Morgan fingerprint density at radius 3 is 2.40 bits per heavy atom. The third-order valence-electron chi connectivity index (χ3n) is 4.69. The van der Waals surface area contributed by atoms with Crippen LogP contribution in [0, 0.1) is 0 Å². The number of hydrogen-bond acceptors (Lipinski definition) is 4. The highest BCUT2D eigenvalue weighted by atomic mass is 28.4. The van der Waals surface area contributed by atoms with Gasteiger partial charge in [-0.05, 0) is 23.7 Å². The average molecular weight is 367 g/mol. The first-order valence-corrected chi connectivity index (χ1v) is 11.8. The van der Waals surface area contributed by atoms with Crippen molar-refractivity contribution in [2.45, 2.75) is 45.5 Å². The van der Waals surface area contributed by atoms with Crippen LogP contribution >= 0.6 is 0 Å². The Hall–Kier alpha value is -1.37. The van der Waals surface area contributed by atoms with Crippen LogP contribution in [0.3, 0.4) is 0 Å². The molecule has 0 aliphatic rings. The minimum absolute atomic E-state index is 0.232. The molecule has 142 valence electrons. The van der Waals surface area contributed by atoms with Crippen molar-refractivity contribution in [1.29, 1.82) is 0 Å². The molecule has 0 spiro atoms. The van der Waals surface area contributed by atoms with Crippen LogP contribution in [0.1, 0.15) is 26.3 Å². The monoisotopic (exact) mass is 366 g/mol. The first-order chi connectivity index (χ1) is 11.6. The van der Waals surface area contributed by atoms with Gasteiger partial charge in [-0.1, -0.05) is 51.1 Å². The highest BCUT2D eigenvalue weighted by molar-refractivity contribution is 6.74. The molecule has 0 aliphatic carbocycles. The number of carbonyl (C=O) groups is 1. The Kier molecular flexibility index (Phi) is 8.62. The van der Waals surface area contributed by atoms with E-state index in [4.69, 9.17) is 9.16 Å². The summed E-state index contributed by atoms with van der Waals surface area (Å²) in [6.45, 7) is 14.3. The molecule has 0 heterocycles. The fourth-order valence-corrected chi connectivity index (χ4v) is 2.93. The summed E-state index contributed by atoms with van der Waals surface area (Å²) in [5, 5.41) is 3.55. The number of rotatable bonds is 9. The van der Waals surface area contributed by atoms with E-state index >= 15 is 0 Å². The molecule has 0 saturated heterocycles. The Morgan fingerprint density at radius 2 is 1.80 bits per heavy atom. The summed E-state index contributed by atoms with van der Waals surface area (Å²) >= 11 is 0. The van der Waals surface area contributed by atoms with Crippen molar-refractivity contribution in [3.63, 3.8) is 0 Å². The van der Waals surface area contributed by atoms with Gasteiger partial charge in [-0.3, -0.25) is 0 Å². The van der Waals surface area contributed by atoms with Crippen molar-refractivity contribution in [2.24, 2.45) is 0 Å². The molecule has 0 saturated carbocycles. The van der Waals surface area contributed by atoms with Gasteiger partial charge < -0.3 is 19.4 Å². The van der Waals surface area contributed by atoms with Crippen molar-refractivity contribution in [3.8, 4) is 0 Å². The summed E-state index contributed by atoms with van der Waals surface area (Å²) < 4.78 is 11.4. The normalized spacial score (nSPS) is 12.1. The molecule has 0 atom stereocenters. The van der Waals surface area contributed by atoms with E-state index in [1.807, 2.05) is 30.3 Å². The standard InChI is InChI=1S/C19H34N2O3Si/c1-19(2,3)25(5,6)24-15-13-20-12-14-21(4)18(22)23-16-17-10-8-7-9-11-17/h7-11,20H,12-16H2,1-6H3. The summed E-state index contributed by atoms with van der Waals surface area (Å²) in [6, 6.07) is 9.69. The van der Waals surface area contributed by atoms with E-state index < -0.39 is 8.32 Å². The Bertz CT molecular complexity index is 515. The number of ether oxygens (including phenoxy) is 1. The molecule has 1 aromatic rings. The number of carbonyl (C=O) groups excluding carboxylic acids is 1. The van der Waals surface area contributed by atoms with Crippen LogP contribution in [0.25, 0.3) is 0 Å². The first kappa shape index (κ1) is 21.7. The zero-order valence-electron chi connectivity index (χ0n) is 16.6. The molecule has 0 unspecified atom stereocenters. The highest BCUT2D eigenvalue weighted by Crippen LogP contribution is 2.36. The number of benzene rings is 1. The zero-order valence-corrected chi connectivity index (χ0v) is 17.6. The minimum Gasteiger partial charge on any atom is -0.445 e. The summed E-state index contributed by atoms with van der Waals surface area (Å²) in [5.41, 5.74) is 0.991. The van der Waals surface area contributed by atoms with E-state index in [2.05, 4.69) is 39.2 Å². The van der Waals surface area contributed by atoms with Gasteiger partial charge in [0.1, 0.15) is 6.61 Å². The van der Waals surface area contributed by atoms with Gasteiger partial charge in [-0.2, -0.15) is 0 Å². The van der Waals surface area contributed by atoms with Gasteiger partial charge in [0, 0.05) is 33.3 Å². The lowest BCUT2D eigenvalue weighted by molar-refractivity contribution is 0.105. The lowest BCUT2D eigenvalue weighted by Crippen LogP contribution is -2.42. The molecule has 0 bridgehead atoms. The Balaban J connectivity index is 2.14. The Labute approximate surface area is 153 Å².